The zero-order valence-corrected chi connectivity index (χ0v) is 11.3. The van der Waals surface area contributed by atoms with E-state index in [-0.39, 0.29) is 5.41 Å². The Morgan fingerprint density at radius 2 is 2.00 bits per heavy atom. The molecule has 0 radical (unpaired) electrons. The van der Waals surface area contributed by atoms with Crippen LogP contribution >= 0.6 is 11.3 Å². The molecule has 0 unspecified atom stereocenters. The van der Waals surface area contributed by atoms with Crippen LogP contribution in [0.3, 0.4) is 0 Å². The zero-order valence-electron chi connectivity index (χ0n) is 10.5. The summed E-state index contributed by atoms with van der Waals surface area (Å²) < 4.78 is 5.38. The van der Waals surface area contributed by atoms with Crippen molar-refractivity contribution < 1.29 is 4.74 Å². The van der Waals surface area contributed by atoms with Crippen LogP contribution in [0.1, 0.15) is 31.2 Å². The van der Waals surface area contributed by atoms with Gasteiger partial charge in [-0.15, -0.1) is 11.3 Å². The van der Waals surface area contributed by atoms with Gasteiger partial charge in [-0.25, -0.2) is 0 Å². The summed E-state index contributed by atoms with van der Waals surface area (Å²) in [6, 6.07) is 2.28. The number of hydrogen-bond donors (Lipinski definition) is 0. The summed E-state index contributed by atoms with van der Waals surface area (Å²) >= 11 is 1.89. The lowest BCUT2D eigenvalue weighted by atomic mass is 9.87. The number of ether oxygens (including phenoxy) is 1. The van der Waals surface area contributed by atoms with E-state index in [1.165, 1.54) is 10.4 Å². The lowest BCUT2D eigenvalue weighted by Crippen LogP contribution is -2.35. The van der Waals surface area contributed by atoms with Crippen molar-refractivity contribution in [2.75, 3.05) is 26.3 Å². The van der Waals surface area contributed by atoms with Crippen molar-refractivity contribution in [3.05, 3.63) is 21.9 Å². The molecule has 0 saturated carbocycles. The molecule has 0 aliphatic carbocycles. The fourth-order valence-corrected chi connectivity index (χ4v) is 3.22. The van der Waals surface area contributed by atoms with Gasteiger partial charge in [0.1, 0.15) is 0 Å². The fraction of sp³-hybridized carbons (Fsp3) is 0.692. The van der Waals surface area contributed by atoms with E-state index in [9.17, 15) is 0 Å². The first-order valence-electron chi connectivity index (χ1n) is 5.94. The highest BCUT2D eigenvalue weighted by Gasteiger charge is 2.21. The van der Waals surface area contributed by atoms with E-state index in [1.54, 1.807) is 0 Å². The Morgan fingerprint density at radius 1 is 1.31 bits per heavy atom. The lowest BCUT2D eigenvalue weighted by Gasteiger charge is -2.28. The van der Waals surface area contributed by atoms with Crippen LogP contribution in [0.5, 0.6) is 0 Å². The Morgan fingerprint density at radius 3 is 2.62 bits per heavy atom. The molecule has 16 heavy (non-hydrogen) atoms. The second-order valence-electron chi connectivity index (χ2n) is 5.40. The van der Waals surface area contributed by atoms with E-state index >= 15 is 0 Å². The third-order valence-corrected chi connectivity index (χ3v) is 3.93. The van der Waals surface area contributed by atoms with Gasteiger partial charge in [0.15, 0.2) is 0 Å². The van der Waals surface area contributed by atoms with Gasteiger partial charge >= 0.3 is 0 Å². The molecule has 90 valence electrons. The molecule has 0 atom stereocenters. The third-order valence-electron chi connectivity index (χ3n) is 3.02. The predicted molar refractivity (Wildman–Crippen MR) is 69.1 cm³/mol. The van der Waals surface area contributed by atoms with Gasteiger partial charge in [0.05, 0.1) is 13.2 Å². The highest BCUT2D eigenvalue weighted by Crippen LogP contribution is 2.30. The van der Waals surface area contributed by atoms with E-state index in [4.69, 9.17) is 4.74 Å². The average molecular weight is 239 g/mol. The second kappa shape index (κ2) is 4.86. The molecule has 2 heterocycles. The van der Waals surface area contributed by atoms with Crippen molar-refractivity contribution in [1.29, 1.82) is 0 Å². The molecule has 1 aromatic rings. The number of nitrogens with zero attached hydrogens (tertiary/aromatic N) is 1. The molecular weight excluding hydrogens is 218 g/mol. The molecule has 1 saturated heterocycles. The van der Waals surface area contributed by atoms with Crippen LogP contribution in [-0.4, -0.2) is 31.2 Å². The summed E-state index contributed by atoms with van der Waals surface area (Å²) in [6.45, 7) is 11.9. The summed E-state index contributed by atoms with van der Waals surface area (Å²) in [4.78, 5) is 4.01. The maximum absolute atomic E-state index is 5.38. The number of rotatable bonds is 2. The van der Waals surface area contributed by atoms with Crippen LogP contribution in [-0.2, 0) is 16.7 Å². The fourth-order valence-electron chi connectivity index (χ4n) is 2.09. The smallest absolute Gasteiger partial charge is 0.0594 e. The maximum Gasteiger partial charge on any atom is 0.0594 e. The van der Waals surface area contributed by atoms with Crippen molar-refractivity contribution in [3.63, 3.8) is 0 Å². The number of morpholine rings is 1. The number of hydrogen-bond acceptors (Lipinski definition) is 3. The maximum atomic E-state index is 5.38. The Kier molecular flexibility index (Phi) is 3.67. The van der Waals surface area contributed by atoms with Gasteiger partial charge in [0, 0.05) is 24.5 Å². The molecular formula is C13H21NOS. The molecule has 0 aromatic carbocycles. The van der Waals surface area contributed by atoms with Crippen LogP contribution in [0.4, 0.5) is 0 Å². The molecule has 1 aliphatic rings. The van der Waals surface area contributed by atoms with Crippen molar-refractivity contribution >= 4 is 11.3 Å². The quantitative estimate of drug-likeness (QED) is 0.787. The molecule has 0 N–H and O–H groups in total. The molecule has 1 aliphatic heterocycles. The number of thiophene rings is 1. The molecule has 0 bridgehead atoms. The van der Waals surface area contributed by atoms with Gasteiger partial charge in [0.25, 0.3) is 0 Å². The van der Waals surface area contributed by atoms with E-state index in [0.29, 0.717) is 0 Å². The molecule has 2 rings (SSSR count). The van der Waals surface area contributed by atoms with Gasteiger partial charge in [-0.1, -0.05) is 20.8 Å². The predicted octanol–water partition coefficient (Wildman–Crippen LogP) is 2.88. The van der Waals surface area contributed by atoms with Gasteiger partial charge < -0.3 is 4.74 Å². The average Bonchev–Trinajstić information content (AvgIpc) is 2.67. The first kappa shape index (κ1) is 12.1. The van der Waals surface area contributed by atoms with Gasteiger partial charge in [-0.2, -0.15) is 0 Å². The van der Waals surface area contributed by atoms with E-state index < -0.39 is 0 Å². The van der Waals surface area contributed by atoms with Crippen LogP contribution in [0.2, 0.25) is 0 Å². The van der Waals surface area contributed by atoms with Crippen LogP contribution in [0, 0.1) is 0 Å². The highest BCUT2D eigenvalue weighted by molar-refractivity contribution is 7.10. The first-order valence-corrected chi connectivity index (χ1v) is 6.82. The van der Waals surface area contributed by atoms with Crippen molar-refractivity contribution in [1.82, 2.24) is 4.90 Å². The Hall–Kier alpha value is -0.380. The van der Waals surface area contributed by atoms with Crippen molar-refractivity contribution in [2.45, 2.75) is 32.7 Å². The molecule has 3 heteroatoms. The minimum atomic E-state index is 0.265. The first-order chi connectivity index (χ1) is 7.57. The summed E-state index contributed by atoms with van der Waals surface area (Å²) in [5.41, 5.74) is 1.77. The topological polar surface area (TPSA) is 12.5 Å². The molecule has 1 aromatic heterocycles. The van der Waals surface area contributed by atoms with Gasteiger partial charge in [0.2, 0.25) is 0 Å². The molecule has 1 fully saturated rings. The van der Waals surface area contributed by atoms with Crippen LogP contribution in [0.25, 0.3) is 0 Å². The molecule has 0 amide bonds. The van der Waals surface area contributed by atoms with E-state index in [2.05, 4.69) is 37.1 Å². The monoisotopic (exact) mass is 239 g/mol. The van der Waals surface area contributed by atoms with E-state index in [0.717, 1.165) is 32.8 Å². The minimum Gasteiger partial charge on any atom is -0.379 e. The van der Waals surface area contributed by atoms with Crippen molar-refractivity contribution in [3.8, 4) is 0 Å². The normalized spacial score (nSPS) is 18.9. The van der Waals surface area contributed by atoms with Gasteiger partial charge in [-0.3, -0.25) is 4.90 Å². The summed E-state index contributed by atoms with van der Waals surface area (Å²) in [7, 11) is 0. The Balaban J connectivity index is 2.06. The van der Waals surface area contributed by atoms with Gasteiger partial charge in [-0.05, 0) is 22.4 Å². The summed E-state index contributed by atoms with van der Waals surface area (Å²) in [6.07, 6.45) is 0. The van der Waals surface area contributed by atoms with E-state index in [1.807, 2.05) is 11.3 Å². The van der Waals surface area contributed by atoms with Crippen molar-refractivity contribution in [2.24, 2.45) is 0 Å². The lowest BCUT2D eigenvalue weighted by molar-refractivity contribution is 0.0344. The molecule has 0 spiro atoms. The zero-order chi connectivity index (χ0) is 11.6. The molecule has 2 nitrogen and oxygen atoms in total. The Labute approximate surface area is 102 Å². The second-order valence-corrected chi connectivity index (χ2v) is 6.40. The minimum absolute atomic E-state index is 0.265. The largest absolute Gasteiger partial charge is 0.379 e. The standard InChI is InChI=1S/C13H21NOS/c1-13(2,3)11-4-9-16-12(11)10-14-5-7-15-8-6-14/h4,9H,5-8,10H2,1-3H3. The Bertz CT molecular complexity index is 334. The van der Waals surface area contributed by atoms with Crippen LogP contribution in [0.15, 0.2) is 11.4 Å². The van der Waals surface area contributed by atoms with Crippen LogP contribution < -0.4 is 0 Å². The highest BCUT2D eigenvalue weighted by atomic mass is 32.1. The summed E-state index contributed by atoms with van der Waals surface area (Å²) in [5.74, 6) is 0. The summed E-state index contributed by atoms with van der Waals surface area (Å²) in [5, 5.41) is 2.22. The SMILES string of the molecule is CC(C)(C)c1ccsc1CN1CCOCC1. The third kappa shape index (κ3) is 2.84.